The number of nitrogens with zero attached hydrogens (tertiary/aromatic N) is 4. The molecule has 0 aliphatic carbocycles. The van der Waals surface area contributed by atoms with Crippen molar-refractivity contribution < 1.29 is 14.3 Å². The fourth-order valence-corrected chi connectivity index (χ4v) is 5.27. The summed E-state index contributed by atoms with van der Waals surface area (Å²) in [4.78, 5) is 20.4. The fraction of sp³-hybridized carbons (Fsp3) is 0.207. The van der Waals surface area contributed by atoms with Crippen molar-refractivity contribution in [2.45, 2.75) is 25.4 Å². The molecule has 1 aliphatic rings. The number of aromatic amines is 1. The average Bonchev–Trinajstić information content (AvgIpc) is 3.60. The molecule has 5 aromatic rings. The van der Waals surface area contributed by atoms with Crippen LogP contribution in [0.15, 0.2) is 79.1 Å². The number of H-pyrrole nitrogens is 1. The number of carbonyl (C=O) groups is 1. The van der Waals surface area contributed by atoms with Gasteiger partial charge in [0.25, 0.3) is 0 Å². The first kappa shape index (κ1) is 25.3. The molecular weight excluding hydrogens is 537 g/mol. The topological polar surface area (TPSA) is 85.3 Å². The summed E-state index contributed by atoms with van der Waals surface area (Å²) in [6.07, 6.45) is 4.34. The summed E-state index contributed by atoms with van der Waals surface area (Å²) < 4.78 is 11.7. The monoisotopic (exact) mass is 561 g/mol. The number of carbonyl (C=O) groups excluding carboxylic acids is 1. The lowest BCUT2D eigenvalue weighted by Gasteiger charge is -2.35. The van der Waals surface area contributed by atoms with Crippen LogP contribution in [0.5, 0.6) is 11.5 Å². The van der Waals surface area contributed by atoms with Crippen LogP contribution in [-0.2, 0) is 13.0 Å². The van der Waals surface area contributed by atoms with Crippen LogP contribution in [-0.4, -0.2) is 44.1 Å². The Labute approximate surface area is 235 Å². The molecule has 6 rings (SSSR count). The second-order valence-electron chi connectivity index (χ2n) is 9.27. The number of ether oxygens (including phenoxy) is 2. The van der Waals surface area contributed by atoms with E-state index < -0.39 is 6.09 Å². The molecule has 1 amide bonds. The molecule has 3 heterocycles. The van der Waals surface area contributed by atoms with Gasteiger partial charge in [-0.25, -0.2) is 4.79 Å². The van der Waals surface area contributed by atoms with Crippen molar-refractivity contribution in [1.82, 2.24) is 24.9 Å². The first-order chi connectivity index (χ1) is 19.0. The van der Waals surface area contributed by atoms with E-state index in [0.717, 1.165) is 39.9 Å². The second kappa shape index (κ2) is 11.0. The highest BCUT2D eigenvalue weighted by atomic mass is 35.5. The molecule has 0 radical (unpaired) electrons. The van der Waals surface area contributed by atoms with E-state index in [-0.39, 0.29) is 6.04 Å². The zero-order valence-corrected chi connectivity index (χ0v) is 22.4. The Balaban J connectivity index is 1.26. The molecule has 0 bridgehead atoms. The Kier molecular flexibility index (Phi) is 7.13. The Hall–Kier alpha value is -4.01. The van der Waals surface area contributed by atoms with Crippen LogP contribution in [0.2, 0.25) is 10.0 Å². The lowest BCUT2D eigenvalue weighted by molar-refractivity contribution is 0.135. The summed E-state index contributed by atoms with van der Waals surface area (Å²) in [6.45, 7) is 1.71. The molecule has 3 aromatic carbocycles. The molecule has 1 atom stereocenters. The molecule has 0 fully saturated rings. The van der Waals surface area contributed by atoms with Crippen molar-refractivity contribution in [2.24, 2.45) is 0 Å². The van der Waals surface area contributed by atoms with Gasteiger partial charge in [-0.1, -0.05) is 35.3 Å². The standard InChI is InChI=1S/C29H25Cl2N5O3/c30-20-4-9-23(10-5-20)39-29(37)35-16-12-24-25-18-21(31)6-11-26(25)34-27(24)28(35)19-2-7-22(8-3-19)38-17-1-15-36-32-13-14-33-36/h2-11,13-14,18,28,34H,1,12,15-17H2/t28-/m0/s1. The first-order valence-corrected chi connectivity index (χ1v) is 13.4. The number of hydrogen-bond acceptors (Lipinski definition) is 5. The van der Waals surface area contributed by atoms with Gasteiger partial charge >= 0.3 is 6.09 Å². The maximum absolute atomic E-state index is 13.5. The predicted octanol–water partition coefficient (Wildman–Crippen LogP) is 6.68. The molecule has 1 aliphatic heterocycles. The van der Waals surface area contributed by atoms with Crippen molar-refractivity contribution >= 4 is 40.2 Å². The van der Waals surface area contributed by atoms with E-state index in [1.54, 1.807) is 46.4 Å². The summed E-state index contributed by atoms with van der Waals surface area (Å²) >= 11 is 12.3. The lowest BCUT2D eigenvalue weighted by atomic mass is 9.92. The molecule has 198 valence electrons. The number of benzene rings is 3. The van der Waals surface area contributed by atoms with Crippen LogP contribution in [0.1, 0.15) is 29.3 Å². The minimum absolute atomic E-state index is 0.375. The smallest absolute Gasteiger partial charge is 0.416 e. The highest BCUT2D eigenvalue weighted by molar-refractivity contribution is 6.31. The lowest BCUT2D eigenvalue weighted by Crippen LogP contribution is -2.42. The summed E-state index contributed by atoms with van der Waals surface area (Å²) in [6, 6.07) is 20.0. The van der Waals surface area contributed by atoms with Gasteiger partial charge in [-0.2, -0.15) is 15.0 Å². The Morgan fingerprint density at radius 3 is 2.44 bits per heavy atom. The zero-order chi connectivity index (χ0) is 26.8. The van der Waals surface area contributed by atoms with Gasteiger partial charge < -0.3 is 14.5 Å². The molecule has 1 N–H and O–H groups in total. The van der Waals surface area contributed by atoms with E-state index >= 15 is 0 Å². The normalized spacial score (nSPS) is 14.8. The quantitative estimate of drug-likeness (QED) is 0.224. The van der Waals surface area contributed by atoms with Gasteiger partial charge in [-0.15, -0.1) is 0 Å². The SMILES string of the molecule is O=C(Oc1ccc(Cl)cc1)N1CCc2c([nH]c3ccc(Cl)cc23)[C@@H]1c1ccc(OCCCn2nccn2)cc1. The van der Waals surface area contributed by atoms with Crippen LogP contribution in [0.3, 0.4) is 0 Å². The molecule has 8 nitrogen and oxygen atoms in total. The minimum atomic E-state index is -0.433. The van der Waals surface area contributed by atoms with Crippen LogP contribution >= 0.6 is 23.2 Å². The van der Waals surface area contributed by atoms with E-state index in [2.05, 4.69) is 15.2 Å². The summed E-state index contributed by atoms with van der Waals surface area (Å²) in [5, 5.41) is 10.5. The second-order valence-corrected chi connectivity index (χ2v) is 10.1. The van der Waals surface area contributed by atoms with Crippen molar-refractivity contribution in [3.8, 4) is 11.5 Å². The van der Waals surface area contributed by atoms with E-state index in [1.165, 1.54) is 0 Å². The maximum atomic E-state index is 13.5. The van der Waals surface area contributed by atoms with Crippen LogP contribution < -0.4 is 9.47 Å². The number of aromatic nitrogens is 4. The maximum Gasteiger partial charge on any atom is 0.416 e. The molecular formula is C29H25Cl2N5O3. The predicted molar refractivity (Wildman–Crippen MR) is 150 cm³/mol. The largest absolute Gasteiger partial charge is 0.494 e. The van der Waals surface area contributed by atoms with Gasteiger partial charge in [0.05, 0.1) is 25.5 Å². The Bertz CT molecular complexity index is 1580. The van der Waals surface area contributed by atoms with E-state index in [1.807, 2.05) is 42.5 Å². The number of rotatable bonds is 7. The van der Waals surface area contributed by atoms with Gasteiger partial charge in [0.2, 0.25) is 0 Å². The summed E-state index contributed by atoms with van der Waals surface area (Å²) in [5.41, 5.74) is 4.02. The Morgan fingerprint density at radius 2 is 1.67 bits per heavy atom. The summed E-state index contributed by atoms with van der Waals surface area (Å²) in [7, 11) is 0. The van der Waals surface area contributed by atoms with Gasteiger partial charge in [-0.3, -0.25) is 4.90 Å². The van der Waals surface area contributed by atoms with E-state index in [4.69, 9.17) is 32.7 Å². The number of aryl methyl sites for hydroxylation is 1. The molecule has 0 saturated heterocycles. The molecule has 2 aromatic heterocycles. The van der Waals surface area contributed by atoms with Crippen LogP contribution in [0.25, 0.3) is 10.9 Å². The zero-order valence-electron chi connectivity index (χ0n) is 20.9. The van der Waals surface area contributed by atoms with Crippen molar-refractivity contribution in [3.05, 3.63) is 106 Å². The molecule has 0 unspecified atom stereocenters. The molecule has 0 saturated carbocycles. The molecule has 39 heavy (non-hydrogen) atoms. The molecule has 10 heteroatoms. The van der Waals surface area contributed by atoms with E-state index in [9.17, 15) is 4.79 Å². The number of nitrogens with one attached hydrogen (secondary N) is 1. The third kappa shape index (κ3) is 5.44. The van der Waals surface area contributed by atoms with Gasteiger partial charge in [0.15, 0.2) is 0 Å². The first-order valence-electron chi connectivity index (χ1n) is 12.7. The van der Waals surface area contributed by atoms with Gasteiger partial charge in [-0.05, 0) is 72.1 Å². The van der Waals surface area contributed by atoms with Crippen molar-refractivity contribution in [2.75, 3.05) is 13.2 Å². The fourth-order valence-electron chi connectivity index (χ4n) is 4.97. The third-order valence-corrected chi connectivity index (χ3v) is 7.26. The highest BCUT2D eigenvalue weighted by Crippen LogP contribution is 2.40. The van der Waals surface area contributed by atoms with Crippen LogP contribution in [0, 0.1) is 0 Å². The minimum Gasteiger partial charge on any atom is -0.494 e. The van der Waals surface area contributed by atoms with Gasteiger partial charge in [0, 0.05) is 39.6 Å². The Morgan fingerprint density at radius 1 is 0.949 bits per heavy atom. The number of halogens is 2. The van der Waals surface area contributed by atoms with Gasteiger partial charge in [0.1, 0.15) is 17.5 Å². The molecule has 0 spiro atoms. The number of fused-ring (bicyclic) bond motifs is 3. The van der Waals surface area contributed by atoms with Crippen LogP contribution in [0.4, 0.5) is 4.79 Å². The van der Waals surface area contributed by atoms with Crippen molar-refractivity contribution in [1.29, 1.82) is 0 Å². The highest BCUT2D eigenvalue weighted by Gasteiger charge is 2.35. The van der Waals surface area contributed by atoms with Crippen molar-refractivity contribution in [3.63, 3.8) is 0 Å². The number of amides is 1. The summed E-state index contributed by atoms with van der Waals surface area (Å²) in [5.74, 6) is 1.19. The number of hydrogen-bond donors (Lipinski definition) is 1. The van der Waals surface area contributed by atoms with E-state index in [0.29, 0.717) is 41.9 Å². The third-order valence-electron chi connectivity index (χ3n) is 6.78. The average molecular weight is 562 g/mol.